The number of nitrogens with zero attached hydrogens (tertiary/aromatic N) is 4. The van der Waals surface area contributed by atoms with Crippen molar-refractivity contribution in [3.8, 4) is 17.2 Å². The molecule has 3 aromatic rings. The van der Waals surface area contributed by atoms with Gasteiger partial charge in [-0.15, -0.1) is 5.10 Å². The monoisotopic (exact) mass is 342 g/mol. The van der Waals surface area contributed by atoms with Crippen molar-refractivity contribution in [2.45, 2.75) is 12.1 Å². The molecule has 24 heavy (non-hydrogen) atoms. The Kier molecular flexibility index (Phi) is 4.48. The van der Waals surface area contributed by atoms with Gasteiger partial charge in [-0.25, -0.2) is 0 Å². The maximum absolute atomic E-state index is 12.2. The minimum Gasteiger partial charge on any atom is -0.508 e. The lowest BCUT2D eigenvalue weighted by molar-refractivity contribution is 0.102. The number of rotatable bonds is 5. The molecular formula is C16H14N4O3S. The van der Waals surface area contributed by atoms with Crippen molar-refractivity contribution in [1.82, 2.24) is 20.2 Å². The molecule has 0 spiro atoms. The number of aromatic hydroxyl groups is 2. The number of thioether (sulfide) groups is 1. The topological polar surface area (TPSA) is 101 Å². The number of phenols is 2. The van der Waals surface area contributed by atoms with Crippen LogP contribution in [0.5, 0.6) is 11.5 Å². The summed E-state index contributed by atoms with van der Waals surface area (Å²) in [6, 6.07) is 11.5. The van der Waals surface area contributed by atoms with Gasteiger partial charge in [0, 0.05) is 6.07 Å². The number of hydrogen-bond donors (Lipinski definition) is 2. The van der Waals surface area contributed by atoms with Gasteiger partial charge in [-0.05, 0) is 41.1 Å². The van der Waals surface area contributed by atoms with Gasteiger partial charge in [-0.2, -0.15) is 4.68 Å². The predicted molar refractivity (Wildman–Crippen MR) is 88.7 cm³/mol. The molecule has 2 N–H and O–H groups in total. The number of aromatic nitrogens is 4. The largest absolute Gasteiger partial charge is 0.508 e. The summed E-state index contributed by atoms with van der Waals surface area (Å²) in [4.78, 5) is 12.2. The molecule has 122 valence electrons. The third-order valence-electron chi connectivity index (χ3n) is 3.40. The lowest BCUT2D eigenvalue weighted by atomic mass is 10.1. The zero-order valence-electron chi connectivity index (χ0n) is 12.7. The smallest absolute Gasteiger partial charge is 0.214 e. The molecule has 2 aromatic carbocycles. The van der Waals surface area contributed by atoms with Crippen LogP contribution in [0.4, 0.5) is 0 Å². The molecule has 0 radical (unpaired) electrons. The van der Waals surface area contributed by atoms with E-state index in [0.29, 0.717) is 5.16 Å². The second-order valence-electron chi connectivity index (χ2n) is 5.07. The van der Waals surface area contributed by atoms with Crippen LogP contribution in [0.15, 0.2) is 47.6 Å². The molecule has 3 rings (SSSR count). The molecule has 0 saturated heterocycles. The highest BCUT2D eigenvalue weighted by molar-refractivity contribution is 7.99. The first-order valence-electron chi connectivity index (χ1n) is 7.08. The number of phenolic OH excluding ortho intramolecular Hbond substituents is 2. The van der Waals surface area contributed by atoms with Gasteiger partial charge in [0.2, 0.25) is 5.16 Å². The Morgan fingerprint density at radius 3 is 2.75 bits per heavy atom. The predicted octanol–water partition coefficient (Wildman–Crippen LogP) is 2.36. The minimum absolute atomic E-state index is 0.0601. The Bertz CT molecular complexity index is 895. The van der Waals surface area contributed by atoms with Crippen LogP contribution >= 0.6 is 11.8 Å². The number of tetrazole rings is 1. The minimum atomic E-state index is -0.281. The van der Waals surface area contributed by atoms with E-state index in [1.165, 1.54) is 23.9 Å². The summed E-state index contributed by atoms with van der Waals surface area (Å²) in [6.07, 6.45) is 0. The third-order valence-corrected chi connectivity index (χ3v) is 4.32. The summed E-state index contributed by atoms with van der Waals surface area (Å²) >= 11 is 1.18. The first-order valence-corrected chi connectivity index (χ1v) is 8.07. The van der Waals surface area contributed by atoms with E-state index in [1.54, 1.807) is 4.68 Å². The fourth-order valence-electron chi connectivity index (χ4n) is 2.18. The number of aryl methyl sites for hydroxylation is 1. The van der Waals surface area contributed by atoms with E-state index in [2.05, 4.69) is 15.5 Å². The summed E-state index contributed by atoms with van der Waals surface area (Å²) in [5.41, 5.74) is 1.99. The number of benzene rings is 2. The average molecular weight is 342 g/mol. The van der Waals surface area contributed by atoms with Gasteiger partial charge in [0.1, 0.15) is 11.5 Å². The Balaban J connectivity index is 1.78. The van der Waals surface area contributed by atoms with E-state index < -0.39 is 0 Å². The molecule has 0 atom stereocenters. The van der Waals surface area contributed by atoms with Gasteiger partial charge in [-0.3, -0.25) is 4.79 Å². The Hall–Kier alpha value is -2.87. The van der Waals surface area contributed by atoms with Crippen molar-refractivity contribution < 1.29 is 15.0 Å². The number of carbonyl (C=O) groups excluding carboxylic acids is 1. The molecule has 0 bridgehead atoms. The van der Waals surface area contributed by atoms with Gasteiger partial charge in [-0.1, -0.05) is 30.0 Å². The first-order chi connectivity index (χ1) is 11.6. The Morgan fingerprint density at radius 1 is 1.21 bits per heavy atom. The number of ketones is 1. The van der Waals surface area contributed by atoms with Crippen LogP contribution in [0.2, 0.25) is 0 Å². The normalized spacial score (nSPS) is 10.7. The molecule has 1 aromatic heterocycles. The fourth-order valence-corrected chi connectivity index (χ4v) is 2.95. The fraction of sp³-hybridized carbons (Fsp3) is 0.125. The van der Waals surface area contributed by atoms with Gasteiger partial charge in [0.15, 0.2) is 5.78 Å². The molecular weight excluding hydrogens is 328 g/mol. The number of hydrogen-bond acceptors (Lipinski definition) is 7. The van der Waals surface area contributed by atoms with Crippen LogP contribution in [0, 0.1) is 6.92 Å². The summed E-state index contributed by atoms with van der Waals surface area (Å²) in [5.74, 6) is -0.568. The van der Waals surface area contributed by atoms with E-state index in [4.69, 9.17) is 0 Å². The second kappa shape index (κ2) is 6.71. The van der Waals surface area contributed by atoms with Crippen molar-refractivity contribution in [1.29, 1.82) is 0 Å². The van der Waals surface area contributed by atoms with Crippen LogP contribution in [0.25, 0.3) is 5.69 Å². The van der Waals surface area contributed by atoms with Crippen molar-refractivity contribution >= 4 is 17.5 Å². The first kappa shape index (κ1) is 16.0. The van der Waals surface area contributed by atoms with Crippen LogP contribution in [0.1, 0.15) is 15.9 Å². The second-order valence-corrected chi connectivity index (χ2v) is 6.02. The van der Waals surface area contributed by atoms with E-state index in [1.807, 2.05) is 31.2 Å². The quantitative estimate of drug-likeness (QED) is 0.542. The molecule has 0 aliphatic heterocycles. The van der Waals surface area contributed by atoms with E-state index in [0.717, 1.165) is 17.3 Å². The molecule has 0 aliphatic rings. The standard InChI is InChI=1S/C16H14N4O3S/c1-10-4-2-3-5-13(10)20-16(17-18-19-20)24-9-15(23)12-7-6-11(21)8-14(12)22/h2-8,21-22H,9H2,1H3. The van der Waals surface area contributed by atoms with Gasteiger partial charge >= 0.3 is 0 Å². The van der Waals surface area contributed by atoms with Gasteiger partial charge in [0.25, 0.3) is 0 Å². The number of Topliss-reactive ketones (excluding diaryl/α,β-unsaturated/α-hetero) is 1. The lowest BCUT2D eigenvalue weighted by Gasteiger charge is -2.07. The maximum atomic E-state index is 12.2. The van der Waals surface area contributed by atoms with Gasteiger partial charge in [0.05, 0.1) is 17.0 Å². The van der Waals surface area contributed by atoms with Crippen molar-refractivity contribution in [2.24, 2.45) is 0 Å². The van der Waals surface area contributed by atoms with Crippen LogP contribution in [-0.4, -0.2) is 42.0 Å². The summed E-state index contributed by atoms with van der Waals surface area (Å²) in [7, 11) is 0. The molecule has 0 unspecified atom stereocenters. The highest BCUT2D eigenvalue weighted by atomic mass is 32.2. The molecule has 0 fully saturated rings. The Labute approximate surface area is 141 Å². The Morgan fingerprint density at radius 2 is 2.00 bits per heavy atom. The molecule has 8 heteroatoms. The molecule has 0 saturated carbocycles. The average Bonchev–Trinajstić information content (AvgIpc) is 3.01. The summed E-state index contributed by atoms with van der Waals surface area (Å²) in [6.45, 7) is 1.95. The van der Waals surface area contributed by atoms with Crippen LogP contribution in [-0.2, 0) is 0 Å². The van der Waals surface area contributed by atoms with Crippen LogP contribution < -0.4 is 0 Å². The van der Waals surface area contributed by atoms with Gasteiger partial charge < -0.3 is 10.2 Å². The van der Waals surface area contributed by atoms with Crippen molar-refractivity contribution in [3.05, 3.63) is 53.6 Å². The highest BCUT2D eigenvalue weighted by Gasteiger charge is 2.16. The van der Waals surface area contributed by atoms with Crippen molar-refractivity contribution in [3.63, 3.8) is 0 Å². The van der Waals surface area contributed by atoms with E-state index in [-0.39, 0.29) is 28.6 Å². The van der Waals surface area contributed by atoms with E-state index >= 15 is 0 Å². The van der Waals surface area contributed by atoms with Crippen LogP contribution in [0.3, 0.4) is 0 Å². The van der Waals surface area contributed by atoms with Crippen molar-refractivity contribution in [2.75, 3.05) is 5.75 Å². The highest BCUT2D eigenvalue weighted by Crippen LogP contribution is 2.26. The molecule has 0 aliphatic carbocycles. The van der Waals surface area contributed by atoms with E-state index in [9.17, 15) is 15.0 Å². The maximum Gasteiger partial charge on any atom is 0.214 e. The summed E-state index contributed by atoms with van der Waals surface area (Å²) in [5, 5.41) is 31.1. The molecule has 0 amide bonds. The SMILES string of the molecule is Cc1ccccc1-n1nnnc1SCC(=O)c1ccc(O)cc1O. The molecule has 1 heterocycles. The zero-order chi connectivity index (χ0) is 17.1. The summed E-state index contributed by atoms with van der Waals surface area (Å²) < 4.78 is 1.57. The number of para-hydroxylation sites is 1. The third kappa shape index (κ3) is 3.23. The molecule has 7 nitrogen and oxygen atoms in total. The lowest BCUT2D eigenvalue weighted by Crippen LogP contribution is -2.06. The zero-order valence-corrected chi connectivity index (χ0v) is 13.6. The number of carbonyl (C=O) groups is 1.